The highest BCUT2D eigenvalue weighted by Gasteiger charge is 2.10. The van der Waals surface area contributed by atoms with Gasteiger partial charge in [0.25, 0.3) is 0 Å². The SMILES string of the molecule is c1c2sc2cc2sc12. The standard InChI is InChI=1S/C6H2S2/c1-3-5(7-3)2-6-4(1)8-6/h1-2H. The lowest BCUT2D eigenvalue weighted by Gasteiger charge is -1.61. The van der Waals surface area contributed by atoms with Crippen LogP contribution < -0.4 is 0 Å². The first-order chi connectivity index (χ1) is 3.93. The van der Waals surface area contributed by atoms with E-state index in [-0.39, 0.29) is 0 Å². The van der Waals surface area contributed by atoms with E-state index in [4.69, 9.17) is 0 Å². The summed E-state index contributed by atoms with van der Waals surface area (Å²) in [4.78, 5) is 0. The van der Waals surface area contributed by atoms with E-state index in [2.05, 4.69) is 12.1 Å². The summed E-state index contributed by atoms with van der Waals surface area (Å²) in [5, 5.41) is 0. The molecule has 0 nitrogen and oxygen atoms in total. The van der Waals surface area contributed by atoms with Crippen molar-refractivity contribution in [2.45, 2.75) is 0 Å². The van der Waals surface area contributed by atoms with E-state index in [1.165, 1.54) is 18.8 Å². The summed E-state index contributed by atoms with van der Waals surface area (Å²) in [5.41, 5.74) is 0. The van der Waals surface area contributed by atoms with Crippen LogP contribution in [0.3, 0.4) is 0 Å². The zero-order valence-electron chi connectivity index (χ0n) is 3.97. The van der Waals surface area contributed by atoms with Gasteiger partial charge in [-0.15, -0.1) is 22.7 Å². The number of hydrogen-bond acceptors (Lipinski definition) is 2. The molecule has 0 atom stereocenters. The molecule has 0 aliphatic rings. The molecule has 0 radical (unpaired) electrons. The molecule has 0 fully saturated rings. The third kappa shape index (κ3) is 0.318. The molecule has 3 rings (SSSR count). The molecule has 0 N–H and O–H groups in total. The number of benzene rings is 1. The minimum Gasteiger partial charge on any atom is -0.133 e. The Morgan fingerprint density at radius 2 is 1.12 bits per heavy atom. The summed E-state index contributed by atoms with van der Waals surface area (Å²) < 4.78 is 5.98. The zero-order valence-corrected chi connectivity index (χ0v) is 5.60. The fourth-order valence-corrected chi connectivity index (χ4v) is 2.29. The number of rotatable bonds is 0. The van der Waals surface area contributed by atoms with Gasteiger partial charge in [-0.05, 0) is 12.1 Å². The predicted octanol–water partition coefficient (Wildman–Crippen LogP) is 2.99. The van der Waals surface area contributed by atoms with Crippen molar-refractivity contribution in [2.75, 3.05) is 0 Å². The first-order valence-electron chi connectivity index (χ1n) is 2.47. The van der Waals surface area contributed by atoms with Crippen LogP contribution in [0.4, 0.5) is 0 Å². The Labute approximate surface area is 54.0 Å². The van der Waals surface area contributed by atoms with Crippen LogP contribution in [0, 0.1) is 0 Å². The Bertz CT molecular complexity index is 322. The van der Waals surface area contributed by atoms with Gasteiger partial charge in [0.05, 0.1) is 0 Å². The van der Waals surface area contributed by atoms with E-state index in [0.717, 1.165) is 0 Å². The first kappa shape index (κ1) is 3.64. The summed E-state index contributed by atoms with van der Waals surface area (Å²) >= 11 is 3.80. The quantitative estimate of drug-likeness (QED) is 0.448. The maximum Gasteiger partial charge on any atom is 0.0464 e. The zero-order chi connectivity index (χ0) is 5.14. The lowest BCUT2D eigenvalue weighted by atomic mass is 10.4. The molecule has 0 amide bonds. The first-order valence-corrected chi connectivity index (χ1v) is 4.10. The van der Waals surface area contributed by atoms with Crippen LogP contribution in [0.1, 0.15) is 0 Å². The van der Waals surface area contributed by atoms with E-state index in [9.17, 15) is 0 Å². The van der Waals surface area contributed by atoms with Gasteiger partial charge < -0.3 is 0 Å². The van der Waals surface area contributed by atoms with Crippen LogP contribution in [0.25, 0.3) is 18.8 Å². The van der Waals surface area contributed by atoms with Crippen molar-refractivity contribution in [3.8, 4) is 0 Å². The van der Waals surface area contributed by atoms with E-state index in [0.29, 0.717) is 0 Å². The fourth-order valence-electron chi connectivity index (χ4n) is 0.826. The predicted molar refractivity (Wildman–Crippen MR) is 39.6 cm³/mol. The molecule has 0 aliphatic carbocycles. The van der Waals surface area contributed by atoms with E-state index < -0.39 is 0 Å². The maximum absolute atomic E-state index is 2.28. The summed E-state index contributed by atoms with van der Waals surface area (Å²) in [5.74, 6) is 0. The minimum absolute atomic E-state index is 1.49. The summed E-state index contributed by atoms with van der Waals surface area (Å²) in [6.45, 7) is 0. The lowest BCUT2D eigenvalue weighted by molar-refractivity contribution is 2.28. The van der Waals surface area contributed by atoms with Crippen molar-refractivity contribution < 1.29 is 0 Å². The molecule has 8 heavy (non-hydrogen) atoms. The van der Waals surface area contributed by atoms with Crippen molar-refractivity contribution in [3.63, 3.8) is 0 Å². The Hall–Kier alpha value is -0.340. The molecule has 1 aromatic carbocycles. The van der Waals surface area contributed by atoms with Gasteiger partial charge in [-0.3, -0.25) is 0 Å². The van der Waals surface area contributed by atoms with Gasteiger partial charge >= 0.3 is 0 Å². The molecular weight excluding hydrogens is 136 g/mol. The lowest BCUT2D eigenvalue weighted by Crippen LogP contribution is -1.38. The minimum atomic E-state index is 1.49. The van der Waals surface area contributed by atoms with Crippen LogP contribution in [0.2, 0.25) is 0 Å². The second kappa shape index (κ2) is 0.870. The van der Waals surface area contributed by atoms with Crippen molar-refractivity contribution in [2.24, 2.45) is 0 Å². The van der Waals surface area contributed by atoms with Crippen molar-refractivity contribution in [1.82, 2.24) is 0 Å². The molecule has 0 saturated heterocycles. The van der Waals surface area contributed by atoms with Crippen LogP contribution >= 0.6 is 22.7 Å². The molecule has 2 heteroatoms. The average Bonchev–Trinajstić information content (AvgIpc) is 2.45. The smallest absolute Gasteiger partial charge is 0.0464 e. The average molecular weight is 138 g/mol. The van der Waals surface area contributed by atoms with E-state index >= 15 is 0 Å². The summed E-state index contributed by atoms with van der Waals surface area (Å²) in [7, 11) is 0. The molecule has 0 saturated carbocycles. The maximum atomic E-state index is 2.28. The highest BCUT2D eigenvalue weighted by Crippen LogP contribution is 2.44. The summed E-state index contributed by atoms with van der Waals surface area (Å²) in [6.07, 6.45) is 0. The molecule has 0 unspecified atom stereocenters. The largest absolute Gasteiger partial charge is 0.133 e. The van der Waals surface area contributed by atoms with Gasteiger partial charge in [-0.2, -0.15) is 0 Å². The second-order valence-corrected chi connectivity index (χ2v) is 4.12. The Kier molecular flexibility index (Phi) is 0.396. The molecule has 0 aliphatic heterocycles. The monoisotopic (exact) mass is 138 g/mol. The molecule has 3 aromatic rings. The van der Waals surface area contributed by atoms with Crippen LogP contribution in [0.5, 0.6) is 0 Å². The van der Waals surface area contributed by atoms with Gasteiger partial charge in [-0.1, -0.05) is 0 Å². The molecule has 0 bridgehead atoms. The van der Waals surface area contributed by atoms with Gasteiger partial charge in [-0.25, -0.2) is 0 Å². The Morgan fingerprint density at radius 3 is 1.50 bits per heavy atom. The fraction of sp³-hybridized carbons (Fsp3) is 0. The van der Waals surface area contributed by atoms with E-state index in [1.54, 1.807) is 0 Å². The normalized spacial score (nSPS) is 13.0. The van der Waals surface area contributed by atoms with Crippen LogP contribution in [-0.2, 0) is 0 Å². The van der Waals surface area contributed by atoms with Gasteiger partial charge in [0, 0.05) is 18.8 Å². The van der Waals surface area contributed by atoms with Crippen molar-refractivity contribution in [1.29, 1.82) is 0 Å². The highest BCUT2D eigenvalue weighted by molar-refractivity contribution is 7.40. The molecule has 0 spiro atoms. The third-order valence-corrected chi connectivity index (χ3v) is 3.19. The topological polar surface area (TPSA) is 0 Å². The van der Waals surface area contributed by atoms with Crippen molar-refractivity contribution >= 4 is 41.5 Å². The van der Waals surface area contributed by atoms with Crippen LogP contribution in [0.15, 0.2) is 12.1 Å². The molecule has 2 aromatic heterocycles. The number of hydrogen-bond donors (Lipinski definition) is 0. The highest BCUT2D eigenvalue weighted by atomic mass is 32.1. The molecular formula is C6H2S2. The van der Waals surface area contributed by atoms with Gasteiger partial charge in [0.2, 0.25) is 0 Å². The number of fused-ring (bicyclic) bond motifs is 2. The van der Waals surface area contributed by atoms with Gasteiger partial charge in [0.1, 0.15) is 0 Å². The summed E-state index contributed by atoms with van der Waals surface area (Å²) in [6, 6.07) is 4.56. The molecule has 2 heterocycles. The Morgan fingerprint density at radius 1 is 0.750 bits per heavy atom. The third-order valence-electron chi connectivity index (χ3n) is 1.37. The molecule has 38 valence electrons. The van der Waals surface area contributed by atoms with Crippen molar-refractivity contribution in [3.05, 3.63) is 12.1 Å². The second-order valence-electron chi connectivity index (χ2n) is 1.95. The van der Waals surface area contributed by atoms with Gasteiger partial charge in [0.15, 0.2) is 0 Å². The van der Waals surface area contributed by atoms with Crippen LogP contribution in [-0.4, -0.2) is 0 Å². The Balaban J connectivity index is 2.77. The van der Waals surface area contributed by atoms with E-state index in [1.807, 2.05) is 22.7 Å².